The molecule has 3 amide bonds. The van der Waals surface area contributed by atoms with E-state index in [2.05, 4.69) is 10.3 Å². The van der Waals surface area contributed by atoms with Crippen molar-refractivity contribution in [1.29, 1.82) is 0 Å². The fourth-order valence-electron chi connectivity index (χ4n) is 3.67. The number of amides is 3. The molecule has 11 heteroatoms. The van der Waals surface area contributed by atoms with E-state index in [1.165, 1.54) is 15.9 Å². The van der Waals surface area contributed by atoms with Crippen LogP contribution in [0.25, 0.3) is 11.3 Å². The van der Waals surface area contributed by atoms with Crippen molar-refractivity contribution in [2.24, 2.45) is 0 Å². The largest absolute Gasteiger partial charge is 0.481 e. The summed E-state index contributed by atoms with van der Waals surface area (Å²) >= 11 is 6.21. The summed E-state index contributed by atoms with van der Waals surface area (Å²) in [6, 6.07) is 11.1. The van der Waals surface area contributed by atoms with E-state index in [9.17, 15) is 19.2 Å². The van der Waals surface area contributed by atoms with Gasteiger partial charge in [-0.1, -0.05) is 41.9 Å². The van der Waals surface area contributed by atoms with Crippen molar-refractivity contribution >= 4 is 35.5 Å². The van der Waals surface area contributed by atoms with Crippen LogP contribution in [-0.2, 0) is 14.3 Å². The molecule has 0 aliphatic carbocycles. The highest BCUT2D eigenvalue weighted by Gasteiger charge is 2.31. The number of benzene rings is 1. The molecule has 2 heterocycles. The Morgan fingerprint density at radius 3 is 2.37 bits per heavy atom. The maximum absolute atomic E-state index is 13.2. The Morgan fingerprint density at radius 2 is 1.74 bits per heavy atom. The Labute approximate surface area is 207 Å². The average molecular weight is 503 g/mol. The monoisotopic (exact) mass is 502 g/mol. The first-order valence-electron chi connectivity index (χ1n) is 11.2. The molecule has 1 atom stereocenters. The molecule has 0 spiro atoms. The van der Waals surface area contributed by atoms with Gasteiger partial charge in [-0.2, -0.15) is 0 Å². The van der Waals surface area contributed by atoms with Crippen LogP contribution in [0.5, 0.6) is 0 Å². The van der Waals surface area contributed by atoms with E-state index >= 15 is 0 Å². The number of halogens is 1. The number of aromatic nitrogens is 1. The van der Waals surface area contributed by atoms with Gasteiger partial charge < -0.3 is 25.0 Å². The van der Waals surface area contributed by atoms with Gasteiger partial charge >= 0.3 is 12.1 Å². The molecule has 2 N–H and O–H groups in total. The molecule has 10 nitrogen and oxygen atoms in total. The lowest BCUT2D eigenvalue weighted by Gasteiger charge is -2.35. The SMILES string of the molecule is CCOC(=O)N1CCN(C(=O)[C@@H](CCC(=O)O)NC(=O)c2cc(Cl)cc(-c3ccccc3)n2)CC1. The van der Waals surface area contributed by atoms with Gasteiger partial charge in [0, 0.05) is 43.2 Å². The Hall–Kier alpha value is -3.66. The second-order valence-electron chi connectivity index (χ2n) is 7.89. The van der Waals surface area contributed by atoms with E-state index in [1.807, 2.05) is 30.3 Å². The van der Waals surface area contributed by atoms with Crippen molar-refractivity contribution in [2.45, 2.75) is 25.8 Å². The molecule has 3 rings (SSSR count). The minimum Gasteiger partial charge on any atom is -0.481 e. The first kappa shape index (κ1) is 26.0. The number of carboxylic acids is 1. The standard InChI is InChI=1S/C24H27ClN4O6/c1-2-35-24(34)29-12-10-28(11-13-29)23(33)18(8-9-21(30)31)27-22(32)20-15-17(25)14-19(26-20)16-6-4-3-5-7-16/h3-7,14-15,18H,2,8-13H2,1H3,(H,27,32)(H,30,31)/t18-/m1/s1. The van der Waals surface area contributed by atoms with Crippen LogP contribution in [0.3, 0.4) is 0 Å². The van der Waals surface area contributed by atoms with Gasteiger partial charge in [0.2, 0.25) is 5.91 Å². The van der Waals surface area contributed by atoms with E-state index in [-0.39, 0.29) is 51.3 Å². The summed E-state index contributed by atoms with van der Waals surface area (Å²) in [7, 11) is 0. The smallest absolute Gasteiger partial charge is 0.409 e. The van der Waals surface area contributed by atoms with Crippen molar-refractivity contribution in [3.05, 3.63) is 53.2 Å². The maximum atomic E-state index is 13.2. The van der Waals surface area contributed by atoms with E-state index in [4.69, 9.17) is 21.4 Å². The van der Waals surface area contributed by atoms with Gasteiger partial charge in [0.1, 0.15) is 11.7 Å². The number of carbonyl (C=O) groups is 4. The average Bonchev–Trinajstić information content (AvgIpc) is 2.86. The molecular formula is C24H27ClN4O6. The number of ether oxygens (including phenoxy) is 1. The number of nitrogens with one attached hydrogen (secondary N) is 1. The molecule has 1 aromatic heterocycles. The van der Waals surface area contributed by atoms with Crippen LogP contribution in [0.1, 0.15) is 30.3 Å². The molecule has 35 heavy (non-hydrogen) atoms. The van der Waals surface area contributed by atoms with Crippen LogP contribution >= 0.6 is 11.6 Å². The molecular weight excluding hydrogens is 476 g/mol. The van der Waals surface area contributed by atoms with Crippen LogP contribution in [0, 0.1) is 0 Å². The van der Waals surface area contributed by atoms with Gasteiger partial charge in [-0.05, 0) is 25.5 Å². The zero-order valence-electron chi connectivity index (χ0n) is 19.3. The molecule has 0 radical (unpaired) electrons. The molecule has 2 aromatic rings. The van der Waals surface area contributed by atoms with Crippen LogP contribution < -0.4 is 5.32 Å². The molecule has 1 fully saturated rings. The Morgan fingerprint density at radius 1 is 1.09 bits per heavy atom. The number of rotatable bonds is 8. The van der Waals surface area contributed by atoms with Gasteiger partial charge in [0.25, 0.3) is 5.91 Å². The molecule has 1 saturated heterocycles. The summed E-state index contributed by atoms with van der Waals surface area (Å²) in [6.45, 7) is 3.01. The first-order valence-corrected chi connectivity index (χ1v) is 11.6. The van der Waals surface area contributed by atoms with Crippen molar-refractivity contribution in [3.63, 3.8) is 0 Å². The Kier molecular flexibility index (Phi) is 9.02. The second-order valence-corrected chi connectivity index (χ2v) is 8.33. The third kappa shape index (κ3) is 7.16. The van der Waals surface area contributed by atoms with Gasteiger partial charge in [-0.15, -0.1) is 0 Å². The van der Waals surface area contributed by atoms with Crippen LogP contribution in [0.2, 0.25) is 5.02 Å². The molecule has 0 unspecified atom stereocenters. The van der Waals surface area contributed by atoms with Crippen LogP contribution in [0.15, 0.2) is 42.5 Å². The van der Waals surface area contributed by atoms with E-state index in [0.717, 1.165) is 5.56 Å². The third-order valence-corrected chi connectivity index (χ3v) is 5.68. The maximum Gasteiger partial charge on any atom is 0.409 e. The van der Waals surface area contributed by atoms with Crippen LogP contribution in [0.4, 0.5) is 4.79 Å². The highest BCUT2D eigenvalue weighted by molar-refractivity contribution is 6.31. The zero-order valence-corrected chi connectivity index (χ0v) is 20.0. The number of carboxylic acid groups (broad SMARTS) is 1. The molecule has 0 bridgehead atoms. The predicted octanol–water partition coefficient (Wildman–Crippen LogP) is 2.67. The van der Waals surface area contributed by atoms with Gasteiger partial charge in [-0.25, -0.2) is 9.78 Å². The molecule has 186 valence electrons. The minimum atomic E-state index is -1.09. The second kappa shape index (κ2) is 12.2. The van der Waals surface area contributed by atoms with Crippen LogP contribution in [-0.4, -0.2) is 82.6 Å². The van der Waals surface area contributed by atoms with E-state index in [0.29, 0.717) is 10.7 Å². The number of pyridine rings is 1. The number of nitrogens with zero attached hydrogens (tertiary/aromatic N) is 3. The quantitative estimate of drug-likeness (QED) is 0.567. The summed E-state index contributed by atoms with van der Waals surface area (Å²) in [5.41, 5.74) is 1.27. The Balaban J connectivity index is 1.73. The highest BCUT2D eigenvalue weighted by Crippen LogP contribution is 2.22. The third-order valence-electron chi connectivity index (χ3n) is 5.46. The number of piperazine rings is 1. The topological polar surface area (TPSA) is 129 Å². The normalized spacial score (nSPS) is 14.2. The lowest BCUT2D eigenvalue weighted by molar-refractivity contribution is -0.138. The van der Waals surface area contributed by atoms with Crippen molar-refractivity contribution in [2.75, 3.05) is 32.8 Å². The Bertz CT molecular complexity index is 1070. The number of hydrogen-bond donors (Lipinski definition) is 2. The lowest BCUT2D eigenvalue weighted by Crippen LogP contribution is -2.56. The summed E-state index contributed by atoms with van der Waals surface area (Å²) < 4.78 is 4.99. The summed E-state index contributed by atoms with van der Waals surface area (Å²) in [4.78, 5) is 56.6. The molecule has 1 aliphatic rings. The van der Waals surface area contributed by atoms with Gasteiger partial charge in [0.05, 0.1) is 12.3 Å². The summed E-state index contributed by atoms with van der Waals surface area (Å²) in [5, 5.41) is 12.1. The highest BCUT2D eigenvalue weighted by atomic mass is 35.5. The number of hydrogen-bond acceptors (Lipinski definition) is 6. The fourth-order valence-corrected chi connectivity index (χ4v) is 3.88. The lowest BCUT2D eigenvalue weighted by atomic mass is 10.1. The number of carbonyl (C=O) groups excluding carboxylic acids is 3. The summed E-state index contributed by atoms with van der Waals surface area (Å²) in [6.07, 6.45) is -0.849. The zero-order chi connectivity index (χ0) is 25.4. The molecule has 1 aromatic carbocycles. The molecule has 1 aliphatic heterocycles. The van der Waals surface area contributed by atoms with Crippen molar-refractivity contribution in [3.8, 4) is 11.3 Å². The van der Waals surface area contributed by atoms with E-state index in [1.54, 1.807) is 13.0 Å². The fraction of sp³-hybridized carbons (Fsp3) is 0.375. The van der Waals surface area contributed by atoms with Gasteiger partial charge in [-0.3, -0.25) is 14.4 Å². The first-order chi connectivity index (χ1) is 16.8. The minimum absolute atomic E-state index is 0.0107. The van der Waals surface area contributed by atoms with Crippen molar-refractivity contribution < 1.29 is 29.0 Å². The van der Waals surface area contributed by atoms with Crippen molar-refractivity contribution in [1.82, 2.24) is 20.1 Å². The van der Waals surface area contributed by atoms with E-state index < -0.39 is 29.9 Å². The van der Waals surface area contributed by atoms with Gasteiger partial charge in [0.15, 0.2) is 0 Å². The molecule has 0 saturated carbocycles. The summed E-state index contributed by atoms with van der Waals surface area (Å²) in [5.74, 6) is -2.15. The number of aliphatic carboxylic acids is 1. The predicted molar refractivity (Wildman–Crippen MR) is 128 cm³/mol.